The van der Waals surface area contributed by atoms with Crippen LogP contribution in [0.25, 0.3) is 75.5 Å². The molecular weight excluding hydrogens is 675 g/mol. The third-order valence-electron chi connectivity index (χ3n) is 11.5. The van der Waals surface area contributed by atoms with Crippen LogP contribution in [0.4, 0.5) is 17.1 Å². The Labute approximate surface area is 318 Å². The molecule has 0 saturated heterocycles. The van der Waals surface area contributed by atoms with E-state index < -0.39 is 0 Å². The van der Waals surface area contributed by atoms with E-state index in [1.807, 2.05) is 11.3 Å². The van der Waals surface area contributed by atoms with Crippen molar-refractivity contribution in [3.63, 3.8) is 0 Å². The molecule has 0 radical (unpaired) electrons. The van der Waals surface area contributed by atoms with Gasteiger partial charge in [-0.05, 0) is 81.4 Å². The molecule has 0 atom stereocenters. The zero-order valence-electron chi connectivity index (χ0n) is 30.0. The maximum atomic E-state index is 6.83. The van der Waals surface area contributed by atoms with Crippen molar-refractivity contribution >= 4 is 70.5 Å². The van der Waals surface area contributed by atoms with E-state index in [1.54, 1.807) is 0 Å². The van der Waals surface area contributed by atoms with E-state index in [0.29, 0.717) is 0 Å². The minimum absolute atomic E-state index is 0.189. The Bertz CT molecular complexity index is 3080. The fourth-order valence-electron chi connectivity index (χ4n) is 8.92. The highest BCUT2D eigenvalue weighted by molar-refractivity contribution is 7.25. The fraction of sp³-hybridized carbons (Fsp3) is 0.0588. The van der Waals surface area contributed by atoms with Crippen molar-refractivity contribution in [2.45, 2.75) is 19.3 Å². The summed E-state index contributed by atoms with van der Waals surface area (Å²) in [4.78, 5) is 2.47. The summed E-state index contributed by atoms with van der Waals surface area (Å²) in [7, 11) is 0. The zero-order chi connectivity index (χ0) is 36.0. The second-order valence-electron chi connectivity index (χ2n) is 14.9. The third-order valence-corrected chi connectivity index (χ3v) is 12.6. The van der Waals surface area contributed by atoms with Gasteiger partial charge in [0.15, 0.2) is 0 Å². The zero-order valence-corrected chi connectivity index (χ0v) is 30.8. The maximum Gasteiger partial charge on any atom is 0.143 e. The first-order chi connectivity index (χ1) is 26.5. The number of thiophene rings is 1. The van der Waals surface area contributed by atoms with Crippen molar-refractivity contribution in [2.75, 3.05) is 4.90 Å². The smallest absolute Gasteiger partial charge is 0.143 e. The van der Waals surface area contributed by atoms with E-state index in [9.17, 15) is 0 Å². The molecule has 2 heterocycles. The Balaban J connectivity index is 1.23. The second kappa shape index (κ2) is 11.8. The van der Waals surface area contributed by atoms with Crippen LogP contribution in [0, 0.1) is 0 Å². The molecule has 11 rings (SSSR count). The molecule has 0 saturated carbocycles. The number of para-hydroxylation sites is 1. The summed E-state index contributed by atoms with van der Waals surface area (Å²) in [5.41, 5.74) is 14.9. The summed E-state index contributed by atoms with van der Waals surface area (Å²) >= 11 is 1.86. The van der Waals surface area contributed by atoms with Gasteiger partial charge in [0.05, 0.1) is 11.1 Å². The van der Waals surface area contributed by atoms with Crippen LogP contribution in [0.1, 0.15) is 25.0 Å². The summed E-state index contributed by atoms with van der Waals surface area (Å²) in [6.07, 6.45) is 0. The van der Waals surface area contributed by atoms with E-state index in [2.05, 4.69) is 195 Å². The summed E-state index contributed by atoms with van der Waals surface area (Å²) in [5.74, 6) is 0. The van der Waals surface area contributed by atoms with Crippen LogP contribution in [0.5, 0.6) is 0 Å². The van der Waals surface area contributed by atoms with Gasteiger partial charge in [-0.25, -0.2) is 0 Å². The highest BCUT2D eigenvalue weighted by Crippen LogP contribution is 2.55. The van der Waals surface area contributed by atoms with Crippen LogP contribution < -0.4 is 4.90 Å². The lowest BCUT2D eigenvalue weighted by Crippen LogP contribution is -2.17. The highest BCUT2D eigenvalue weighted by atomic mass is 32.1. The monoisotopic (exact) mass is 709 g/mol. The number of rotatable bonds is 5. The van der Waals surface area contributed by atoms with Crippen molar-refractivity contribution in [2.24, 2.45) is 0 Å². The third kappa shape index (κ3) is 4.58. The standard InChI is InChI=1S/C51H35NOS/c1-51(2)42-23-11-9-20-39(42)48-41(33-17-7-4-8-18-33)29-35(30-43(48)51)52(34-27-28-38-37-19-10-12-26-46(37)54-47(38)31-34)44-24-14-25-45-49(44)40-22-13-21-36(50(40)53-45)32-15-5-3-6-16-32/h3-31H,1-2H3. The first kappa shape index (κ1) is 31.1. The normalized spacial score (nSPS) is 13.1. The van der Waals surface area contributed by atoms with Gasteiger partial charge in [0, 0.05) is 47.9 Å². The molecule has 0 aliphatic heterocycles. The Kier molecular flexibility index (Phi) is 6.80. The molecule has 8 aromatic carbocycles. The first-order valence-corrected chi connectivity index (χ1v) is 19.4. The average molecular weight is 710 g/mol. The molecule has 0 spiro atoms. The van der Waals surface area contributed by atoms with Crippen molar-refractivity contribution in [3.05, 3.63) is 187 Å². The van der Waals surface area contributed by atoms with Crippen LogP contribution in [0.3, 0.4) is 0 Å². The van der Waals surface area contributed by atoms with E-state index in [0.717, 1.165) is 50.1 Å². The van der Waals surface area contributed by atoms with Gasteiger partial charge in [-0.2, -0.15) is 0 Å². The molecule has 0 unspecified atom stereocenters. The van der Waals surface area contributed by atoms with E-state index in [1.165, 1.54) is 53.6 Å². The van der Waals surface area contributed by atoms with Gasteiger partial charge in [-0.3, -0.25) is 0 Å². The molecule has 54 heavy (non-hydrogen) atoms. The molecule has 1 aliphatic carbocycles. The molecule has 0 amide bonds. The number of nitrogens with zero attached hydrogens (tertiary/aromatic N) is 1. The quantitative estimate of drug-likeness (QED) is 0.177. The SMILES string of the molecule is CC1(C)c2ccccc2-c2c(-c3ccccc3)cc(N(c3ccc4c(c3)sc3ccccc34)c3cccc4oc5c(-c6ccccc6)cccc5c34)cc21. The summed E-state index contributed by atoms with van der Waals surface area (Å²) in [6, 6.07) is 64.0. The summed E-state index contributed by atoms with van der Waals surface area (Å²) in [5, 5.41) is 4.79. The number of benzene rings is 8. The number of hydrogen-bond acceptors (Lipinski definition) is 3. The maximum absolute atomic E-state index is 6.83. The average Bonchev–Trinajstić information content (AvgIpc) is 3.86. The Morgan fingerprint density at radius 2 is 1.15 bits per heavy atom. The molecule has 1 aliphatic rings. The van der Waals surface area contributed by atoms with Gasteiger partial charge in [-0.15, -0.1) is 11.3 Å². The van der Waals surface area contributed by atoms with Gasteiger partial charge < -0.3 is 9.32 Å². The largest absolute Gasteiger partial charge is 0.455 e. The molecule has 0 bridgehead atoms. The molecule has 256 valence electrons. The molecule has 0 N–H and O–H groups in total. The lowest BCUT2D eigenvalue weighted by molar-refractivity contribution is 0.660. The van der Waals surface area contributed by atoms with Gasteiger partial charge in [0.1, 0.15) is 11.2 Å². The van der Waals surface area contributed by atoms with E-state index in [4.69, 9.17) is 4.42 Å². The van der Waals surface area contributed by atoms with Crippen molar-refractivity contribution in [1.82, 2.24) is 0 Å². The topological polar surface area (TPSA) is 16.4 Å². The summed E-state index contributed by atoms with van der Waals surface area (Å²) < 4.78 is 9.40. The molecule has 2 nitrogen and oxygen atoms in total. The summed E-state index contributed by atoms with van der Waals surface area (Å²) in [6.45, 7) is 4.75. The van der Waals surface area contributed by atoms with E-state index in [-0.39, 0.29) is 5.41 Å². The van der Waals surface area contributed by atoms with Crippen LogP contribution in [0.15, 0.2) is 180 Å². The minimum Gasteiger partial charge on any atom is -0.455 e. The second-order valence-corrected chi connectivity index (χ2v) is 16.0. The lowest BCUT2D eigenvalue weighted by Gasteiger charge is -2.30. The van der Waals surface area contributed by atoms with Crippen molar-refractivity contribution < 1.29 is 4.42 Å². The highest BCUT2D eigenvalue weighted by Gasteiger charge is 2.38. The molecule has 10 aromatic rings. The minimum atomic E-state index is -0.189. The van der Waals surface area contributed by atoms with Gasteiger partial charge >= 0.3 is 0 Å². The first-order valence-electron chi connectivity index (χ1n) is 18.6. The number of anilines is 3. The molecule has 0 fully saturated rings. The van der Waals surface area contributed by atoms with Crippen LogP contribution in [0.2, 0.25) is 0 Å². The predicted octanol–water partition coefficient (Wildman–Crippen LogP) is 15.1. The van der Waals surface area contributed by atoms with Crippen molar-refractivity contribution in [1.29, 1.82) is 0 Å². The van der Waals surface area contributed by atoms with Gasteiger partial charge in [0.2, 0.25) is 0 Å². The van der Waals surface area contributed by atoms with Crippen LogP contribution >= 0.6 is 11.3 Å². The van der Waals surface area contributed by atoms with E-state index >= 15 is 0 Å². The van der Waals surface area contributed by atoms with Gasteiger partial charge in [0.25, 0.3) is 0 Å². The van der Waals surface area contributed by atoms with Crippen LogP contribution in [-0.4, -0.2) is 0 Å². The molecule has 3 heteroatoms. The molecular formula is C51H35NOS. The number of furan rings is 1. The number of hydrogen-bond donors (Lipinski definition) is 0. The lowest BCUT2D eigenvalue weighted by atomic mass is 9.81. The van der Waals surface area contributed by atoms with Crippen molar-refractivity contribution in [3.8, 4) is 33.4 Å². The Morgan fingerprint density at radius 1 is 0.481 bits per heavy atom. The van der Waals surface area contributed by atoms with Crippen LogP contribution in [-0.2, 0) is 5.41 Å². The molecule has 2 aromatic heterocycles. The fourth-order valence-corrected chi connectivity index (χ4v) is 10.1. The Morgan fingerprint density at radius 3 is 1.98 bits per heavy atom. The number of fused-ring (bicyclic) bond motifs is 9. The Hall–Kier alpha value is -6.42. The van der Waals surface area contributed by atoms with Gasteiger partial charge in [-0.1, -0.05) is 147 Å². The predicted molar refractivity (Wildman–Crippen MR) is 230 cm³/mol.